The fraction of sp³-hybridized carbons (Fsp3) is 0.300. The fourth-order valence-electron chi connectivity index (χ4n) is 3.10. The van der Waals surface area contributed by atoms with Gasteiger partial charge in [0.2, 0.25) is 15.9 Å². The lowest BCUT2D eigenvalue weighted by Gasteiger charge is -2.34. The number of hydrogen-bond donors (Lipinski definition) is 0. The summed E-state index contributed by atoms with van der Waals surface area (Å²) >= 11 is 0.968. The highest BCUT2D eigenvalue weighted by Gasteiger charge is 2.34. The van der Waals surface area contributed by atoms with E-state index in [-0.39, 0.29) is 54.1 Å². The molecule has 2 aromatic rings. The number of carbonyl (C=O) groups is 2. The zero-order valence-corrected chi connectivity index (χ0v) is 18.1. The summed E-state index contributed by atoms with van der Waals surface area (Å²) in [6.07, 6.45) is 0. The molecule has 0 spiro atoms. The van der Waals surface area contributed by atoms with Crippen LogP contribution in [0.25, 0.3) is 0 Å². The standard InChI is InChI=1S/C20H19F3N2O4S2/c1-13(26)14-5-6-18(17(23)11-14)30-12-19(27)24-7-9-25(10-8-24)31(28,29)20-15(21)3-2-4-16(20)22/h2-6,11H,7-10,12H2,1H3. The van der Waals surface area contributed by atoms with Crippen molar-refractivity contribution in [1.29, 1.82) is 0 Å². The Labute approximate surface area is 182 Å². The van der Waals surface area contributed by atoms with Gasteiger partial charge < -0.3 is 4.90 Å². The number of rotatable bonds is 6. The second-order valence-corrected chi connectivity index (χ2v) is 9.72. The van der Waals surface area contributed by atoms with E-state index in [2.05, 4.69) is 0 Å². The van der Waals surface area contributed by atoms with Crippen molar-refractivity contribution in [2.75, 3.05) is 31.9 Å². The van der Waals surface area contributed by atoms with Gasteiger partial charge in [-0.3, -0.25) is 9.59 Å². The normalized spacial score (nSPS) is 15.2. The maximum absolute atomic E-state index is 14.1. The molecule has 0 N–H and O–H groups in total. The molecule has 1 amide bonds. The molecule has 0 atom stereocenters. The lowest BCUT2D eigenvalue weighted by atomic mass is 10.1. The molecule has 31 heavy (non-hydrogen) atoms. The van der Waals surface area contributed by atoms with Crippen LogP contribution in [0.1, 0.15) is 17.3 Å². The van der Waals surface area contributed by atoms with Crippen molar-refractivity contribution in [3.8, 4) is 0 Å². The van der Waals surface area contributed by atoms with Crippen molar-refractivity contribution in [3.05, 3.63) is 59.4 Å². The van der Waals surface area contributed by atoms with Gasteiger partial charge in [-0.25, -0.2) is 21.6 Å². The third-order valence-corrected chi connectivity index (χ3v) is 7.78. The lowest BCUT2D eigenvalue weighted by Crippen LogP contribution is -2.51. The van der Waals surface area contributed by atoms with Crippen LogP contribution >= 0.6 is 11.8 Å². The summed E-state index contributed by atoms with van der Waals surface area (Å²) in [7, 11) is -4.38. The number of amides is 1. The van der Waals surface area contributed by atoms with Crippen LogP contribution in [0.15, 0.2) is 46.2 Å². The first-order valence-corrected chi connectivity index (χ1v) is 11.7. The zero-order chi connectivity index (χ0) is 22.8. The monoisotopic (exact) mass is 472 g/mol. The lowest BCUT2D eigenvalue weighted by molar-refractivity contribution is -0.129. The Morgan fingerprint density at radius 2 is 1.58 bits per heavy atom. The highest BCUT2D eigenvalue weighted by Crippen LogP contribution is 2.25. The number of sulfonamides is 1. The van der Waals surface area contributed by atoms with Gasteiger partial charge in [0.1, 0.15) is 17.5 Å². The molecule has 0 aliphatic carbocycles. The van der Waals surface area contributed by atoms with Gasteiger partial charge in [-0.1, -0.05) is 12.1 Å². The van der Waals surface area contributed by atoms with E-state index in [1.54, 1.807) is 0 Å². The van der Waals surface area contributed by atoms with Gasteiger partial charge in [0, 0.05) is 36.6 Å². The molecule has 2 aromatic carbocycles. The molecule has 166 valence electrons. The second kappa shape index (κ2) is 9.41. The van der Waals surface area contributed by atoms with E-state index in [9.17, 15) is 31.2 Å². The third-order valence-electron chi connectivity index (χ3n) is 4.80. The Balaban J connectivity index is 1.59. The highest BCUT2D eigenvalue weighted by molar-refractivity contribution is 8.00. The smallest absolute Gasteiger partial charge is 0.249 e. The number of halogens is 3. The maximum Gasteiger partial charge on any atom is 0.249 e. The van der Waals surface area contributed by atoms with Crippen LogP contribution in [0.5, 0.6) is 0 Å². The van der Waals surface area contributed by atoms with Crippen LogP contribution in [-0.4, -0.2) is 61.2 Å². The number of benzene rings is 2. The van der Waals surface area contributed by atoms with E-state index < -0.39 is 32.4 Å². The third kappa shape index (κ3) is 5.10. The summed E-state index contributed by atoms with van der Waals surface area (Å²) in [6, 6.07) is 6.83. The van der Waals surface area contributed by atoms with Crippen molar-refractivity contribution in [2.24, 2.45) is 0 Å². The van der Waals surface area contributed by atoms with Gasteiger partial charge in [-0.15, -0.1) is 11.8 Å². The van der Waals surface area contributed by atoms with E-state index >= 15 is 0 Å². The molecule has 0 aromatic heterocycles. The van der Waals surface area contributed by atoms with E-state index in [0.29, 0.717) is 0 Å². The molecular formula is C20H19F3N2O4S2. The SMILES string of the molecule is CC(=O)c1ccc(SCC(=O)N2CCN(S(=O)(=O)c3c(F)cccc3F)CC2)c(F)c1. The van der Waals surface area contributed by atoms with E-state index in [0.717, 1.165) is 40.3 Å². The van der Waals surface area contributed by atoms with Gasteiger partial charge in [0.05, 0.1) is 5.75 Å². The largest absolute Gasteiger partial charge is 0.339 e. The Kier molecular flexibility index (Phi) is 7.07. The molecule has 0 bridgehead atoms. The van der Waals surface area contributed by atoms with Crippen molar-refractivity contribution in [3.63, 3.8) is 0 Å². The Hall–Kier alpha value is -2.37. The molecule has 0 radical (unpaired) electrons. The van der Waals surface area contributed by atoms with E-state index in [1.807, 2.05) is 0 Å². The summed E-state index contributed by atoms with van der Waals surface area (Å²) in [4.78, 5) is 24.3. The molecule has 11 heteroatoms. The predicted molar refractivity (Wildman–Crippen MR) is 109 cm³/mol. The van der Waals surface area contributed by atoms with Crippen molar-refractivity contribution < 1.29 is 31.2 Å². The first kappa shape index (κ1) is 23.3. The molecule has 1 saturated heterocycles. The van der Waals surface area contributed by atoms with Gasteiger partial charge in [-0.2, -0.15) is 4.31 Å². The van der Waals surface area contributed by atoms with Crippen LogP contribution in [0.2, 0.25) is 0 Å². The first-order chi connectivity index (χ1) is 14.6. The predicted octanol–water partition coefficient (Wildman–Crippen LogP) is 2.93. The number of piperazine rings is 1. The number of ketones is 1. The second-order valence-electron chi connectivity index (χ2n) is 6.83. The molecule has 0 unspecified atom stereocenters. The van der Waals surface area contributed by atoms with E-state index in [1.165, 1.54) is 24.0 Å². The number of carbonyl (C=O) groups excluding carboxylic acids is 2. The van der Waals surface area contributed by atoms with Crippen LogP contribution in [0, 0.1) is 17.5 Å². The summed E-state index contributed by atoms with van der Waals surface area (Å²) < 4.78 is 68.0. The highest BCUT2D eigenvalue weighted by atomic mass is 32.2. The Bertz CT molecular complexity index is 1100. The fourth-order valence-corrected chi connectivity index (χ4v) is 5.46. The molecule has 1 heterocycles. The Morgan fingerprint density at radius 1 is 0.968 bits per heavy atom. The number of hydrogen-bond acceptors (Lipinski definition) is 5. The minimum absolute atomic E-state index is 0.0421. The number of Topliss-reactive ketones (excluding diaryl/α,β-unsaturated/α-hetero) is 1. The van der Waals surface area contributed by atoms with Crippen LogP contribution in [0.4, 0.5) is 13.2 Å². The molecule has 3 rings (SSSR count). The molecular weight excluding hydrogens is 453 g/mol. The van der Waals surface area contributed by atoms with Crippen molar-refractivity contribution in [2.45, 2.75) is 16.7 Å². The molecule has 0 saturated carbocycles. The summed E-state index contributed by atoms with van der Waals surface area (Å²) in [5.74, 6) is -3.62. The summed E-state index contributed by atoms with van der Waals surface area (Å²) in [6.45, 7) is 1.18. The summed E-state index contributed by atoms with van der Waals surface area (Å²) in [5, 5.41) is 0. The minimum Gasteiger partial charge on any atom is -0.339 e. The van der Waals surface area contributed by atoms with Gasteiger partial charge in [0.15, 0.2) is 10.7 Å². The number of nitrogens with zero attached hydrogens (tertiary/aromatic N) is 2. The van der Waals surface area contributed by atoms with Crippen molar-refractivity contribution in [1.82, 2.24) is 9.21 Å². The van der Waals surface area contributed by atoms with Gasteiger partial charge in [-0.05, 0) is 31.2 Å². The number of thioether (sulfide) groups is 1. The average Bonchev–Trinajstić information content (AvgIpc) is 2.72. The quantitative estimate of drug-likeness (QED) is 0.478. The maximum atomic E-state index is 14.1. The van der Waals surface area contributed by atoms with Gasteiger partial charge in [0.25, 0.3) is 0 Å². The van der Waals surface area contributed by atoms with Crippen molar-refractivity contribution >= 4 is 33.5 Å². The van der Waals surface area contributed by atoms with Gasteiger partial charge >= 0.3 is 0 Å². The first-order valence-electron chi connectivity index (χ1n) is 9.26. The topological polar surface area (TPSA) is 74.8 Å². The minimum atomic E-state index is -4.38. The average molecular weight is 473 g/mol. The van der Waals surface area contributed by atoms with Crippen LogP contribution in [0.3, 0.4) is 0 Å². The molecule has 1 aliphatic heterocycles. The Morgan fingerprint density at radius 3 is 2.13 bits per heavy atom. The molecule has 1 fully saturated rings. The van der Waals surface area contributed by atoms with Crippen LogP contribution in [-0.2, 0) is 14.8 Å². The molecule has 6 nitrogen and oxygen atoms in total. The zero-order valence-electron chi connectivity index (χ0n) is 16.5. The van der Waals surface area contributed by atoms with Crippen LogP contribution < -0.4 is 0 Å². The molecule has 1 aliphatic rings. The summed E-state index contributed by atoms with van der Waals surface area (Å²) in [5.41, 5.74) is 0.233. The van der Waals surface area contributed by atoms with E-state index in [4.69, 9.17) is 0 Å².